The Kier molecular flexibility index (Phi) is 6.24. The second-order valence-corrected chi connectivity index (χ2v) is 6.41. The van der Waals surface area contributed by atoms with Crippen molar-refractivity contribution in [2.24, 2.45) is 5.92 Å². The number of aliphatic hydroxyl groups is 1. The van der Waals surface area contributed by atoms with E-state index in [2.05, 4.69) is 24.1 Å². The third-order valence-corrected chi connectivity index (χ3v) is 3.50. The molecule has 1 rings (SSSR count). The highest BCUT2D eigenvalue weighted by molar-refractivity contribution is 7.11. The van der Waals surface area contributed by atoms with Crippen LogP contribution in [0.3, 0.4) is 0 Å². The molecule has 6 heteroatoms. The number of rotatable bonds is 6. The Morgan fingerprint density at radius 3 is 2.79 bits per heavy atom. The zero-order valence-corrected chi connectivity index (χ0v) is 12.8. The largest absolute Gasteiger partial charge is 0.392 e. The van der Waals surface area contributed by atoms with Crippen molar-refractivity contribution in [3.63, 3.8) is 0 Å². The van der Waals surface area contributed by atoms with Gasteiger partial charge in [-0.15, -0.1) is 11.3 Å². The molecule has 1 aromatic rings. The molecule has 0 aliphatic carbocycles. The molecular formula is C13H23N3O2S. The van der Waals surface area contributed by atoms with E-state index in [9.17, 15) is 9.90 Å². The van der Waals surface area contributed by atoms with Crippen LogP contribution in [0.25, 0.3) is 0 Å². The van der Waals surface area contributed by atoms with Gasteiger partial charge in [-0.1, -0.05) is 13.8 Å². The monoisotopic (exact) mass is 285 g/mol. The molecule has 0 aromatic carbocycles. The Bertz CT molecular complexity index is 404. The molecule has 1 heterocycles. The molecule has 0 spiro atoms. The summed E-state index contributed by atoms with van der Waals surface area (Å²) in [6.07, 6.45) is 2.27. The van der Waals surface area contributed by atoms with Crippen molar-refractivity contribution in [1.82, 2.24) is 15.2 Å². The summed E-state index contributed by atoms with van der Waals surface area (Å²) < 4.78 is 0. The number of nitrogens with one attached hydrogen (secondary N) is 1. The van der Waals surface area contributed by atoms with Crippen molar-refractivity contribution in [3.8, 4) is 0 Å². The maximum atomic E-state index is 11.7. The summed E-state index contributed by atoms with van der Waals surface area (Å²) in [7, 11) is 1.67. The fourth-order valence-corrected chi connectivity index (χ4v) is 2.72. The number of aromatic nitrogens is 1. The molecule has 2 amide bonds. The van der Waals surface area contributed by atoms with Gasteiger partial charge in [0.2, 0.25) is 0 Å². The number of thiazole rings is 1. The first-order chi connectivity index (χ1) is 8.88. The van der Waals surface area contributed by atoms with Crippen LogP contribution in [0.4, 0.5) is 4.79 Å². The van der Waals surface area contributed by atoms with Gasteiger partial charge in [-0.2, -0.15) is 0 Å². The second-order valence-electron chi connectivity index (χ2n) is 5.21. The molecule has 2 N–H and O–H groups in total. The normalized spacial score (nSPS) is 12.5. The summed E-state index contributed by atoms with van der Waals surface area (Å²) in [5.41, 5.74) is 0. The Labute approximate surface area is 118 Å². The third kappa shape index (κ3) is 6.02. The highest BCUT2D eigenvalue weighted by Crippen LogP contribution is 2.16. The first-order valence-electron chi connectivity index (χ1n) is 6.49. The topological polar surface area (TPSA) is 65.5 Å². The fraction of sp³-hybridized carbons (Fsp3) is 0.692. The minimum atomic E-state index is -0.517. The van der Waals surface area contributed by atoms with Crippen LogP contribution >= 0.6 is 11.3 Å². The van der Waals surface area contributed by atoms with Gasteiger partial charge in [0, 0.05) is 31.1 Å². The molecule has 0 saturated carbocycles. The number of carbonyl (C=O) groups is 1. The molecule has 1 atom stereocenters. The predicted octanol–water partition coefficient (Wildman–Crippen LogP) is 1.86. The SMILES string of the molecule is CC(C)Cc1ncc(CNC(=O)N(C)CC(C)O)s1. The lowest BCUT2D eigenvalue weighted by Gasteiger charge is -2.18. The van der Waals surface area contributed by atoms with Gasteiger partial charge in [-0.3, -0.25) is 0 Å². The number of likely N-dealkylation sites (N-methyl/N-ethyl adjacent to an activating group) is 1. The van der Waals surface area contributed by atoms with Crippen LogP contribution in [0.2, 0.25) is 0 Å². The van der Waals surface area contributed by atoms with E-state index in [1.807, 2.05) is 6.20 Å². The number of hydrogen-bond acceptors (Lipinski definition) is 4. The van der Waals surface area contributed by atoms with E-state index in [1.54, 1.807) is 25.3 Å². The molecule has 5 nitrogen and oxygen atoms in total. The van der Waals surface area contributed by atoms with Gasteiger partial charge in [-0.25, -0.2) is 9.78 Å². The number of urea groups is 1. The molecule has 0 aliphatic heterocycles. The number of hydrogen-bond donors (Lipinski definition) is 2. The molecule has 0 fully saturated rings. The number of aliphatic hydroxyl groups excluding tert-OH is 1. The Morgan fingerprint density at radius 2 is 2.21 bits per heavy atom. The first-order valence-corrected chi connectivity index (χ1v) is 7.30. The van der Waals surface area contributed by atoms with E-state index in [-0.39, 0.29) is 6.03 Å². The van der Waals surface area contributed by atoms with Crippen molar-refractivity contribution in [2.45, 2.75) is 39.8 Å². The minimum absolute atomic E-state index is 0.181. The van der Waals surface area contributed by atoms with E-state index in [0.717, 1.165) is 16.3 Å². The lowest BCUT2D eigenvalue weighted by Crippen LogP contribution is -2.40. The third-order valence-electron chi connectivity index (χ3n) is 2.48. The Hall–Kier alpha value is -1.14. The van der Waals surface area contributed by atoms with Gasteiger partial charge in [0.15, 0.2) is 0 Å². The Balaban J connectivity index is 2.39. The summed E-state index contributed by atoms with van der Waals surface area (Å²) in [4.78, 5) is 18.6. The molecular weight excluding hydrogens is 262 g/mol. The van der Waals surface area contributed by atoms with Gasteiger partial charge in [-0.05, 0) is 12.8 Å². The van der Waals surface area contributed by atoms with E-state index in [0.29, 0.717) is 19.0 Å². The number of carbonyl (C=O) groups excluding carboxylic acids is 1. The highest BCUT2D eigenvalue weighted by Gasteiger charge is 2.11. The minimum Gasteiger partial charge on any atom is -0.392 e. The van der Waals surface area contributed by atoms with Crippen LogP contribution in [0, 0.1) is 5.92 Å². The van der Waals surface area contributed by atoms with Gasteiger partial charge in [0.1, 0.15) is 0 Å². The maximum absolute atomic E-state index is 11.7. The van der Waals surface area contributed by atoms with Crippen LogP contribution in [0.15, 0.2) is 6.20 Å². The van der Waals surface area contributed by atoms with Crippen molar-refractivity contribution in [3.05, 3.63) is 16.1 Å². The van der Waals surface area contributed by atoms with Crippen molar-refractivity contribution < 1.29 is 9.90 Å². The standard InChI is InChI=1S/C13H23N3O2S/c1-9(2)5-12-14-6-11(19-12)7-15-13(18)16(4)8-10(3)17/h6,9-10,17H,5,7-8H2,1-4H3,(H,15,18). The summed E-state index contributed by atoms with van der Waals surface area (Å²) in [6.45, 7) is 6.79. The average molecular weight is 285 g/mol. The van der Waals surface area contributed by atoms with E-state index in [4.69, 9.17) is 0 Å². The summed E-state index contributed by atoms with van der Waals surface area (Å²) >= 11 is 1.64. The fourth-order valence-electron chi connectivity index (χ4n) is 1.65. The van der Waals surface area contributed by atoms with Crippen LogP contribution in [0.1, 0.15) is 30.7 Å². The average Bonchev–Trinajstić information content (AvgIpc) is 2.71. The first kappa shape index (κ1) is 15.9. The molecule has 0 saturated heterocycles. The molecule has 1 aromatic heterocycles. The van der Waals surface area contributed by atoms with E-state index >= 15 is 0 Å². The van der Waals surface area contributed by atoms with Crippen molar-refractivity contribution in [1.29, 1.82) is 0 Å². The lowest BCUT2D eigenvalue weighted by molar-refractivity contribution is 0.144. The molecule has 0 aliphatic rings. The summed E-state index contributed by atoms with van der Waals surface area (Å²) in [5, 5.41) is 13.1. The van der Waals surface area contributed by atoms with Crippen molar-refractivity contribution in [2.75, 3.05) is 13.6 Å². The predicted molar refractivity (Wildman–Crippen MR) is 77.2 cm³/mol. The van der Waals surface area contributed by atoms with Gasteiger partial charge in [0.25, 0.3) is 0 Å². The van der Waals surface area contributed by atoms with Crippen LogP contribution < -0.4 is 5.32 Å². The molecule has 1 unspecified atom stereocenters. The molecule has 108 valence electrons. The smallest absolute Gasteiger partial charge is 0.317 e. The number of nitrogens with zero attached hydrogens (tertiary/aromatic N) is 2. The highest BCUT2D eigenvalue weighted by atomic mass is 32.1. The quantitative estimate of drug-likeness (QED) is 0.838. The molecule has 0 radical (unpaired) electrons. The molecule has 19 heavy (non-hydrogen) atoms. The maximum Gasteiger partial charge on any atom is 0.317 e. The van der Waals surface area contributed by atoms with Gasteiger partial charge < -0.3 is 15.3 Å². The second kappa shape index (κ2) is 7.45. The zero-order valence-electron chi connectivity index (χ0n) is 12.0. The number of amides is 2. The van der Waals surface area contributed by atoms with E-state index in [1.165, 1.54) is 4.90 Å². The van der Waals surface area contributed by atoms with Crippen molar-refractivity contribution >= 4 is 17.4 Å². The van der Waals surface area contributed by atoms with E-state index < -0.39 is 6.10 Å². The summed E-state index contributed by atoms with van der Waals surface area (Å²) in [6, 6.07) is -0.181. The van der Waals surface area contributed by atoms with Gasteiger partial charge in [0.05, 0.1) is 17.7 Å². The molecule has 0 bridgehead atoms. The van der Waals surface area contributed by atoms with Crippen LogP contribution in [0.5, 0.6) is 0 Å². The van der Waals surface area contributed by atoms with Gasteiger partial charge >= 0.3 is 6.03 Å². The summed E-state index contributed by atoms with van der Waals surface area (Å²) in [5.74, 6) is 0.589. The van der Waals surface area contributed by atoms with Crippen LogP contribution in [-0.2, 0) is 13.0 Å². The Morgan fingerprint density at radius 1 is 1.53 bits per heavy atom. The lowest BCUT2D eigenvalue weighted by atomic mass is 10.1. The van der Waals surface area contributed by atoms with Crippen LogP contribution in [-0.4, -0.2) is 40.7 Å². The zero-order chi connectivity index (χ0) is 14.4.